The molecular weight excluding hydrogens is 286 g/mol. The number of Topliss-reactive ketones (excluding diaryl/α,β-unsaturated/α-hetero) is 1. The number of hydrogen-bond acceptors (Lipinski definition) is 3. The Labute approximate surface area is 127 Å². The zero-order valence-corrected chi connectivity index (χ0v) is 13.1. The maximum atomic E-state index is 12.7. The van der Waals surface area contributed by atoms with E-state index in [4.69, 9.17) is 0 Å². The molecule has 2 aliphatic rings. The number of para-hydroxylation sites is 1. The van der Waals surface area contributed by atoms with Gasteiger partial charge in [0.05, 0.1) is 4.08 Å². The van der Waals surface area contributed by atoms with Crippen molar-refractivity contribution in [1.29, 1.82) is 0 Å². The monoisotopic (exact) mass is 303 g/mol. The van der Waals surface area contributed by atoms with Gasteiger partial charge in [0.2, 0.25) is 0 Å². The molecule has 0 saturated carbocycles. The fraction of sp³-hybridized carbons (Fsp3) is 0.438. The first-order valence-corrected chi connectivity index (χ1v) is 9.05. The molecular formula is C16H17NOS2. The van der Waals surface area contributed by atoms with Crippen LogP contribution in [-0.2, 0) is 13.5 Å². The molecule has 1 fully saturated rings. The van der Waals surface area contributed by atoms with Crippen molar-refractivity contribution in [3.63, 3.8) is 0 Å². The van der Waals surface area contributed by atoms with Crippen molar-refractivity contribution in [3.8, 4) is 0 Å². The highest BCUT2D eigenvalue weighted by atomic mass is 32.2. The number of fused-ring (bicyclic) bond motifs is 3. The third kappa shape index (κ3) is 1.77. The molecule has 1 aliphatic heterocycles. The Bertz CT molecular complexity index is 698. The van der Waals surface area contributed by atoms with E-state index in [-0.39, 0.29) is 4.08 Å². The first-order valence-electron chi connectivity index (χ1n) is 7.08. The SMILES string of the molecule is Cn1c2c(c3ccccc31)C(=O)CC1(C2)SCCCS1. The first kappa shape index (κ1) is 12.8. The van der Waals surface area contributed by atoms with Crippen molar-refractivity contribution >= 4 is 40.2 Å². The lowest BCUT2D eigenvalue weighted by Crippen LogP contribution is -2.36. The number of benzene rings is 1. The molecule has 4 rings (SSSR count). The van der Waals surface area contributed by atoms with Crippen molar-refractivity contribution < 1.29 is 4.79 Å². The van der Waals surface area contributed by atoms with Crippen LogP contribution in [0.15, 0.2) is 24.3 Å². The van der Waals surface area contributed by atoms with Crippen LogP contribution in [-0.4, -0.2) is 25.9 Å². The topological polar surface area (TPSA) is 22.0 Å². The van der Waals surface area contributed by atoms with Gasteiger partial charge in [0.25, 0.3) is 0 Å². The minimum atomic E-state index is 0.102. The second kappa shape index (κ2) is 4.57. The third-order valence-corrected chi connectivity index (χ3v) is 7.71. The van der Waals surface area contributed by atoms with E-state index in [1.807, 2.05) is 29.6 Å². The Kier molecular flexibility index (Phi) is 2.93. The Morgan fingerprint density at radius 3 is 2.70 bits per heavy atom. The highest BCUT2D eigenvalue weighted by Crippen LogP contribution is 2.51. The summed E-state index contributed by atoms with van der Waals surface area (Å²) in [5.74, 6) is 2.73. The number of carbonyl (C=O) groups is 1. The molecule has 4 heteroatoms. The fourth-order valence-electron chi connectivity index (χ4n) is 3.44. The van der Waals surface area contributed by atoms with Crippen LogP contribution < -0.4 is 0 Å². The number of thioether (sulfide) groups is 2. The Morgan fingerprint density at radius 1 is 1.15 bits per heavy atom. The molecule has 0 amide bonds. The molecule has 1 aromatic heterocycles. The highest BCUT2D eigenvalue weighted by molar-refractivity contribution is 8.18. The van der Waals surface area contributed by atoms with Gasteiger partial charge in [-0.25, -0.2) is 0 Å². The minimum absolute atomic E-state index is 0.102. The second-order valence-corrected chi connectivity index (χ2v) is 8.85. The predicted octanol–water partition coefficient (Wildman–Crippen LogP) is 3.87. The van der Waals surface area contributed by atoms with Gasteiger partial charge in [-0.2, -0.15) is 0 Å². The molecule has 104 valence electrons. The van der Waals surface area contributed by atoms with E-state index in [1.54, 1.807) is 0 Å². The summed E-state index contributed by atoms with van der Waals surface area (Å²) in [7, 11) is 2.10. The number of ketones is 1. The van der Waals surface area contributed by atoms with Crippen LogP contribution in [0.1, 0.15) is 28.9 Å². The Hall–Kier alpha value is -0.870. The van der Waals surface area contributed by atoms with Gasteiger partial charge in [0.15, 0.2) is 5.78 Å². The van der Waals surface area contributed by atoms with Gasteiger partial charge >= 0.3 is 0 Å². The molecule has 0 bridgehead atoms. The molecule has 1 aromatic carbocycles. The van der Waals surface area contributed by atoms with Gasteiger partial charge in [-0.1, -0.05) is 18.2 Å². The van der Waals surface area contributed by atoms with Gasteiger partial charge in [0, 0.05) is 42.0 Å². The van der Waals surface area contributed by atoms with Gasteiger partial charge in [-0.05, 0) is 24.0 Å². The minimum Gasteiger partial charge on any atom is -0.347 e. The Morgan fingerprint density at radius 2 is 1.90 bits per heavy atom. The summed E-state index contributed by atoms with van der Waals surface area (Å²) in [6.07, 6.45) is 2.99. The van der Waals surface area contributed by atoms with Crippen LogP contribution in [0.4, 0.5) is 0 Å². The average molecular weight is 303 g/mol. The van der Waals surface area contributed by atoms with Gasteiger partial charge in [-0.3, -0.25) is 4.79 Å². The van der Waals surface area contributed by atoms with Crippen molar-refractivity contribution in [3.05, 3.63) is 35.5 Å². The van der Waals surface area contributed by atoms with E-state index in [0.29, 0.717) is 12.2 Å². The fourth-order valence-corrected chi connectivity index (χ4v) is 6.72. The summed E-state index contributed by atoms with van der Waals surface area (Å²) in [4.78, 5) is 12.7. The number of nitrogens with zero attached hydrogens (tertiary/aromatic N) is 1. The summed E-state index contributed by atoms with van der Waals surface area (Å²) in [6.45, 7) is 0. The van der Waals surface area contributed by atoms with Crippen LogP contribution in [0.25, 0.3) is 10.9 Å². The van der Waals surface area contributed by atoms with Crippen LogP contribution in [0.2, 0.25) is 0 Å². The quantitative estimate of drug-likeness (QED) is 0.737. The summed E-state index contributed by atoms with van der Waals surface area (Å²) >= 11 is 4.00. The van der Waals surface area contributed by atoms with Gasteiger partial charge < -0.3 is 4.57 Å². The lowest BCUT2D eigenvalue weighted by Gasteiger charge is -2.38. The highest BCUT2D eigenvalue weighted by Gasteiger charge is 2.43. The standard InChI is InChI=1S/C16H17NOS2/c1-17-12-6-3-2-5-11(12)15-13(17)9-16(10-14(15)18)19-7-4-8-20-16/h2-3,5-6H,4,7-10H2,1H3. The van der Waals surface area contributed by atoms with Crippen LogP contribution >= 0.6 is 23.5 Å². The summed E-state index contributed by atoms with van der Waals surface area (Å²) < 4.78 is 2.34. The molecule has 1 spiro atoms. The molecule has 2 aromatic rings. The zero-order valence-electron chi connectivity index (χ0n) is 11.5. The van der Waals surface area contributed by atoms with Crippen molar-refractivity contribution in [1.82, 2.24) is 4.57 Å². The molecule has 1 saturated heterocycles. The van der Waals surface area contributed by atoms with E-state index in [0.717, 1.165) is 17.4 Å². The summed E-state index contributed by atoms with van der Waals surface area (Å²) in [5, 5.41) is 1.13. The van der Waals surface area contributed by atoms with Gasteiger partial charge in [0.1, 0.15) is 0 Å². The van der Waals surface area contributed by atoms with Crippen molar-refractivity contribution in [2.75, 3.05) is 11.5 Å². The number of aromatic nitrogens is 1. The average Bonchev–Trinajstić information content (AvgIpc) is 2.74. The number of hydrogen-bond donors (Lipinski definition) is 0. The molecule has 0 unspecified atom stereocenters. The number of rotatable bonds is 0. The second-order valence-electron chi connectivity index (χ2n) is 5.64. The predicted molar refractivity (Wildman–Crippen MR) is 87.8 cm³/mol. The molecule has 1 aliphatic carbocycles. The van der Waals surface area contributed by atoms with Gasteiger partial charge in [-0.15, -0.1) is 23.5 Å². The van der Waals surface area contributed by atoms with E-state index < -0.39 is 0 Å². The van der Waals surface area contributed by atoms with Crippen LogP contribution in [0.3, 0.4) is 0 Å². The third-order valence-electron chi connectivity index (χ3n) is 4.39. The summed E-state index contributed by atoms with van der Waals surface area (Å²) in [5.41, 5.74) is 3.42. The molecule has 2 nitrogen and oxygen atoms in total. The van der Waals surface area contributed by atoms with Crippen LogP contribution in [0.5, 0.6) is 0 Å². The zero-order chi connectivity index (χ0) is 13.7. The van der Waals surface area contributed by atoms with Crippen molar-refractivity contribution in [2.24, 2.45) is 7.05 Å². The maximum absolute atomic E-state index is 12.7. The molecule has 2 heterocycles. The lowest BCUT2D eigenvalue weighted by atomic mass is 9.93. The van der Waals surface area contributed by atoms with E-state index in [9.17, 15) is 4.79 Å². The van der Waals surface area contributed by atoms with E-state index >= 15 is 0 Å². The number of carbonyl (C=O) groups excluding carboxylic acids is 1. The molecule has 0 N–H and O–H groups in total. The molecule has 0 atom stereocenters. The molecule has 20 heavy (non-hydrogen) atoms. The van der Waals surface area contributed by atoms with Crippen LogP contribution in [0, 0.1) is 0 Å². The van der Waals surface area contributed by atoms with Crippen molar-refractivity contribution in [2.45, 2.75) is 23.3 Å². The molecule has 0 radical (unpaired) electrons. The lowest BCUT2D eigenvalue weighted by molar-refractivity contribution is 0.0972. The maximum Gasteiger partial charge on any atom is 0.167 e. The Balaban J connectivity index is 1.90. The number of aryl methyl sites for hydroxylation is 1. The van der Waals surface area contributed by atoms with E-state index in [2.05, 4.69) is 29.8 Å². The van der Waals surface area contributed by atoms with E-state index in [1.165, 1.54) is 29.1 Å². The summed E-state index contributed by atoms with van der Waals surface area (Å²) in [6, 6.07) is 8.29. The first-order chi connectivity index (χ1) is 9.70. The smallest absolute Gasteiger partial charge is 0.167 e. The normalized spacial score (nSPS) is 21.4. The largest absolute Gasteiger partial charge is 0.347 e.